The van der Waals surface area contributed by atoms with Crippen LogP contribution in [0.25, 0.3) is 0 Å². The molecule has 0 atom stereocenters. The number of hydrogen-bond donors (Lipinski definition) is 0. The van der Waals surface area contributed by atoms with E-state index in [4.69, 9.17) is 0 Å². The lowest BCUT2D eigenvalue weighted by Gasteiger charge is -2.27. The molecule has 0 unspecified atom stereocenters. The van der Waals surface area contributed by atoms with Gasteiger partial charge in [0.05, 0.1) is 32.7 Å². The normalized spacial score (nSPS) is 9.43. The van der Waals surface area contributed by atoms with E-state index in [9.17, 15) is 4.79 Å². The Balaban J connectivity index is 0. The van der Waals surface area contributed by atoms with Gasteiger partial charge in [-0.25, -0.2) is 9.28 Å². The summed E-state index contributed by atoms with van der Waals surface area (Å²) in [5.41, 5.74) is 0. The lowest BCUT2D eigenvalue weighted by atomic mass is 10.4. The first-order valence-electron chi connectivity index (χ1n) is 4.61. The van der Waals surface area contributed by atoms with Crippen LogP contribution in [0, 0.1) is 12.0 Å². The summed E-state index contributed by atoms with van der Waals surface area (Å²) in [4.78, 5) is 10.8. The molecule has 0 radical (unpaired) electrons. The summed E-state index contributed by atoms with van der Waals surface area (Å²) in [5.74, 6) is 2.03. The van der Waals surface area contributed by atoms with E-state index in [1.54, 1.807) is 0 Å². The van der Waals surface area contributed by atoms with E-state index in [-0.39, 0.29) is 17.0 Å². The Morgan fingerprint density at radius 2 is 1.64 bits per heavy atom. The van der Waals surface area contributed by atoms with E-state index in [2.05, 4.69) is 37.5 Å². The Bertz CT molecular complexity index is 218. The first-order valence-corrected chi connectivity index (χ1v) is 4.61. The van der Waals surface area contributed by atoms with E-state index >= 15 is 0 Å². The predicted molar refractivity (Wildman–Crippen MR) is 51.7 cm³/mol. The molecule has 0 aliphatic carbocycles. The first kappa shape index (κ1) is 15.9. The molecule has 0 saturated heterocycles. The van der Waals surface area contributed by atoms with Crippen molar-refractivity contribution in [3.05, 3.63) is 0 Å². The van der Waals surface area contributed by atoms with Crippen LogP contribution < -0.4 is 17.0 Å². The van der Waals surface area contributed by atoms with Crippen LogP contribution >= 0.6 is 0 Å². The number of carbonyl (C=O) groups excluding carboxylic acids is 1. The zero-order valence-corrected chi connectivity index (χ0v) is 10.8. The number of esters is 1. The highest BCUT2D eigenvalue weighted by Crippen LogP contribution is 2.02. The van der Waals surface area contributed by atoms with Crippen LogP contribution in [0.2, 0.25) is 0 Å². The van der Waals surface area contributed by atoms with Gasteiger partial charge in [-0.3, -0.25) is 0 Å². The second kappa shape index (κ2) is 7.84. The molecule has 82 valence electrons. The lowest BCUT2D eigenvalue weighted by Crippen LogP contribution is -3.00. The quantitative estimate of drug-likeness (QED) is 0.335. The van der Waals surface area contributed by atoms with Crippen LogP contribution in [0.4, 0.5) is 0 Å². The molecular formula is C10H18BrNO2. The first-order chi connectivity index (χ1) is 6.14. The SMILES string of the molecule is CC[N+](C#CC(=O)OC)(CC)CC.[Br-]. The van der Waals surface area contributed by atoms with E-state index in [1.165, 1.54) is 7.11 Å². The molecule has 3 nitrogen and oxygen atoms in total. The summed E-state index contributed by atoms with van der Waals surface area (Å²) in [6.07, 6.45) is 0. The number of hydrogen-bond acceptors (Lipinski definition) is 2. The molecule has 0 aliphatic heterocycles. The van der Waals surface area contributed by atoms with Gasteiger partial charge in [-0.2, -0.15) is 0 Å². The Morgan fingerprint density at radius 3 is 1.93 bits per heavy atom. The standard InChI is InChI=1S/C10H18NO2.BrH/c1-5-11(6-2,7-3)9-8-10(12)13-4;/h5-7H2,1-4H3;1H/q+1;/p-1. The topological polar surface area (TPSA) is 26.3 Å². The van der Waals surface area contributed by atoms with Crippen molar-refractivity contribution in [3.8, 4) is 12.0 Å². The molecule has 0 spiro atoms. The third kappa shape index (κ3) is 4.64. The molecule has 0 amide bonds. The van der Waals surface area contributed by atoms with Gasteiger partial charge in [-0.1, -0.05) is 0 Å². The van der Waals surface area contributed by atoms with Gasteiger partial charge in [0.2, 0.25) is 0 Å². The van der Waals surface area contributed by atoms with Gasteiger partial charge in [0.15, 0.2) is 0 Å². The molecule has 0 N–H and O–H groups in total. The maximum Gasteiger partial charge on any atom is 0.389 e. The van der Waals surface area contributed by atoms with Gasteiger partial charge in [0, 0.05) is 0 Å². The zero-order chi connectivity index (χ0) is 10.3. The molecule has 0 rings (SSSR count). The van der Waals surface area contributed by atoms with Crippen LogP contribution in [0.3, 0.4) is 0 Å². The molecular weight excluding hydrogens is 246 g/mol. The number of quaternary nitrogens is 1. The Kier molecular flexibility index (Phi) is 8.91. The number of halogens is 1. The van der Waals surface area contributed by atoms with Gasteiger partial charge in [-0.15, -0.1) is 0 Å². The van der Waals surface area contributed by atoms with Crippen LogP contribution in [0.1, 0.15) is 20.8 Å². The van der Waals surface area contributed by atoms with Crippen molar-refractivity contribution in [1.29, 1.82) is 0 Å². The molecule has 0 aliphatic rings. The van der Waals surface area contributed by atoms with Crippen LogP contribution in [0.5, 0.6) is 0 Å². The Morgan fingerprint density at radius 1 is 1.21 bits per heavy atom. The van der Waals surface area contributed by atoms with Crippen molar-refractivity contribution >= 4 is 5.97 Å². The number of carbonyl (C=O) groups is 1. The van der Waals surface area contributed by atoms with Crippen molar-refractivity contribution in [2.24, 2.45) is 0 Å². The van der Waals surface area contributed by atoms with Gasteiger partial charge >= 0.3 is 5.97 Å². The molecule has 4 heteroatoms. The third-order valence-electron chi connectivity index (χ3n) is 2.40. The smallest absolute Gasteiger partial charge is 0.389 e. The predicted octanol–water partition coefficient (Wildman–Crippen LogP) is -2.00. The van der Waals surface area contributed by atoms with E-state index in [0.717, 1.165) is 19.6 Å². The minimum atomic E-state index is -0.460. The molecule has 0 fully saturated rings. The average Bonchev–Trinajstić information content (AvgIpc) is 2.20. The highest BCUT2D eigenvalue weighted by molar-refractivity contribution is 5.87. The largest absolute Gasteiger partial charge is 1.00 e. The fourth-order valence-electron chi connectivity index (χ4n) is 1.12. The van der Waals surface area contributed by atoms with Crippen LogP contribution in [0.15, 0.2) is 0 Å². The number of rotatable bonds is 3. The highest BCUT2D eigenvalue weighted by atomic mass is 79.9. The summed E-state index contributed by atoms with van der Waals surface area (Å²) in [6, 6.07) is 2.95. The van der Waals surface area contributed by atoms with Crippen molar-refractivity contribution in [2.75, 3.05) is 26.7 Å². The Labute approximate surface area is 96.8 Å². The van der Waals surface area contributed by atoms with E-state index < -0.39 is 5.97 Å². The fourth-order valence-corrected chi connectivity index (χ4v) is 1.12. The maximum atomic E-state index is 10.8. The summed E-state index contributed by atoms with van der Waals surface area (Å²) >= 11 is 0. The Hall–Kier alpha value is -0.530. The number of methoxy groups -OCH3 is 1. The number of nitrogens with zero attached hydrogens (tertiary/aromatic N) is 1. The minimum absolute atomic E-state index is 0. The maximum absolute atomic E-state index is 10.8. The summed E-state index contributed by atoms with van der Waals surface area (Å²) in [7, 11) is 1.34. The summed E-state index contributed by atoms with van der Waals surface area (Å²) in [5, 5.41) is 0. The minimum Gasteiger partial charge on any atom is -1.00 e. The second-order valence-electron chi connectivity index (χ2n) is 2.82. The number of ether oxygens (including phenoxy) is 1. The molecule has 0 saturated carbocycles. The van der Waals surface area contributed by atoms with Gasteiger partial charge in [0.1, 0.15) is 6.04 Å². The molecule has 0 heterocycles. The van der Waals surface area contributed by atoms with Gasteiger partial charge < -0.3 is 21.7 Å². The molecule has 0 aromatic rings. The van der Waals surface area contributed by atoms with Crippen LogP contribution in [-0.4, -0.2) is 37.2 Å². The molecule has 0 aromatic heterocycles. The monoisotopic (exact) mass is 263 g/mol. The van der Waals surface area contributed by atoms with Gasteiger partial charge in [-0.05, 0) is 20.8 Å². The summed E-state index contributed by atoms with van der Waals surface area (Å²) in [6.45, 7) is 8.95. The van der Waals surface area contributed by atoms with Crippen molar-refractivity contribution in [3.63, 3.8) is 0 Å². The highest BCUT2D eigenvalue weighted by Gasteiger charge is 2.18. The van der Waals surface area contributed by atoms with Crippen LogP contribution in [-0.2, 0) is 9.53 Å². The van der Waals surface area contributed by atoms with Gasteiger partial charge in [0.25, 0.3) is 0 Å². The average molecular weight is 264 g/mol. The van der Waals surface area contributed by atoms with Crippen molar-refractivity contribution in [2.45, 2.75) is 20.8 Å². The molecule has 0 bridgehead atoms. The zero-order valence-electron chi connectivity index (χ0n) is 9.26. The third-order valence-corrected chi connectivity index (χ3v) is 2.40. The second-order valence-corrected chi connectivity index (χ2v) is 2.82. The van der Waals surface area contributed by atoms with E-state index in [0.29, 0.717) is 4.48 Å². The fraction of sp³-hybridized carbons (Fsp3) is 0.700. The molecule has 0 aromatic carbocycles. The van der Waals surface area contributed by atoms with E-state index in [1.807, 2.05) is 0 Å². The van der Waals surface area contributed by atoms with Crippen molar-refractivity contribution < 1.29 is 31.0 Å². The van der Waals surface area contributed by atoms with Crippen molar-refractivity contribution in [1.82, 2.24) is 0 Å². The molecule has 14 heavy (non-hydrogen) atoms. The summed E-state index contributed by atoms with van der Waals surface area (Å²) < 4.78 is 5.10. The lowest BCUT2D eigenvalue weighted by molar-refractivity contribution is -0.858.